The van der Waals surface area contributed by atoms with E-state index in [2.05, 4.69) is 10.6 Å². The van der Waals surface area contributed by atoms with Gasteiger partial charge in [0.2, 0.25) is 11.8 Å². The normalized spacial score (nSPS) is 11.7. The summed E-state index contributed by atoms with van der Waals surface area (Å²) < 4.78 is 20.9. The molecule has 0 rings (SSSR count). The molecule has 0 heterocycles. The van der Waals surface area contributed by atoms with Crippen LogP contribution >= 0.6 is 0 Å². The molecule has 11 heteroatoms. The predicted molar refractivity (Wildman–Crippen MR) is 111 cm³/mol. The fourth-order valence-corrected chi connectivity index (χ4v) is 2.21. The summed E-state index contributed by atoms with van der Waals surface area (Å²) in [7, 11) is 0. The van der Waals surface area contributed by atoms with Crippen LogP contribution in [0.25, 0.3) is 0 Å². The molecule has 0 aromatic carbocycles. The number of ether oxygens (including phenoxy) is 4. The van der Waals surface area contributed by atoms with Gasteiger partial charge >= 0.3 is 5.97 Å². The highest BCUT2D eigenvalue weighted by Gasteiger charge is 2.20. The third-order valence-electron chi connectivity index (χ3n) is 3.75. The van der Waals surface area contributed by atoms with Gasteiger partial charge in [0.25, 0.3) is 0 Å². The van der Waals surface area contributed by atoms with Crippen LogP contribution in [0, 0.1) is 0 Å². The lowest BCUT2D eigenvalue weighted by molar-refractivity contribution is -0.143. The summed E-state index contributed by atoms with van der Waals surface area (Å²) in [6, 6.07) is -1.13. The third kappa shape index (κ3) is 19.6. The van der Waals surface area contributed by atoms with Crippen LogP contribution in [0.2, 0.25) is 0 Å². The minimum Gasteiger partial charge on any atom is -0.480 e. The Morgan fingerprint density at radius 1 is 0.839 bits per heavy atom. The first-order chi connectivity index (χ1) is 14.9. The summed E-state index contributed by atoms with van der Waals surface area (Å²) in [6.07, 6.45) is 1.82. The van der Waals surface area contributed by atoms with Crippen LogP contribution in [0.3, 0.4) is 0 Å². The second-order valence-corrected chi connectivity index (χ2v) is 6.73. The number of carbonyl (C=O) groups excluding carboxylic acids is 3. The first-order valence-corrected chi connectivity index (χ1v) is 10.5. The number of hydrogen-bond donors (Lipinski definition) is 3. The highest BCUT2D eigenvalue weighted by atomic mass is 16.5. The van der Waals surface area contributed by atoms with Crippen LogP contribution < -0.4 is 10.6 Å². The average molecular weight is 449 g/mol. The van der Waals surface area contributed by atoms with Crippen molar-refractivity contribution in [3.63, 3.8) is 0 Å². The van der Waals surface area contributed by atoms with E-state index in [4.69, 9.17) is 24.1 Å². The number of Topliss-reactive ketones (excluding diaryl/α,β-unsaturated/α-hetero) is 1. The minimum absolute atomic E-state index is 0.0181. The van der Waals surface area contributed by atoms with Gasteiger partial charge in [-0.1, -0.05) is 6.92 Å². The summed E-state index contributed by atoms with van der Waals surface area (Å²) in [6.45, 7) is 5.81. The van der Waals surface area contributed by atoms with Crippen molar-refractivity contribution in [1.82, 2.24) is 10.6 Å². The van der Waals surface area contributed by atoms with Crippen molar-refractivity contribution in [2.24, 2.45) is 0 Å². The number of carboxylic acids is 1. The molecule has 0 unspecified atom stereocenters. The highest BCUT2D eigenvalue weighted by molar-refractivity contribution is 5.85. The van der Waals surface area contributed by atoms with E-state index in [0.717, 1.165) is 19.4 Å². The lowest BCUT2D eigenvalue weighted by Crippen LogP contribution is -2.42. The summed E-state index contributed by atoms with van der Waals surface area (Å²) in [5.74, 6) is -2.17. The summed E-state index contributed by atoms with van der Waals surface area (Å²) in [5.41, 5.74) is 0. The number of nitrogens with one attached hydrogen (secondary N) is 2. The lowest BCUT2D eigenvalue weighted by Gasteiger charge is -2.14. The fraction of sp³-hybridized carbons (Fsp3) is 0.800. The molecule has 180 valence electrons. The molecule has 0 fully saturated rings. The quantitative estimate of drug-likeness (QED) is 0.205. The van der Waals surface area contributed by atoms with E-state index in [1.54, 1.807) is 0 Å². The molecule has 31 heavy (non-hydrogen) atoms. The van der Waals surface area contributed by atoms with Crippen LogP contribution in [0.4, 0.5) is 0 Å². The maximum Gasteiger partial charge on any atom is 0.326 e. The third-order valence-corrected chi connectivity index (χ3v) is 3.75. The fourth-order valence-electron chi connectivity index (χ4n) is 2.21. The Labute approximate surface area is 183 Å². The van der Waals surface area contributed by atoms with E-state index < -0.39 is 17.9 Å². The largest absolute Gasteiger partial charge is 0.480 e. The maximum atomic E-state index is 11.7. The molecular weight excluding hydrogens is 412 g/mol. The smallest absolute Gasteiger partial charge is 0.326 e. The Balaban J connectivity index is 3.57. The topological polar surface area (TPSA) is 149 Å². The molecule has 1 atom stereocenters. The van der Waals surface area contributed by atoms with Crippen LogP contribution in [0.5, 0.6) is 0 Å². The van der Waals surface area contributed by atoms with E-state index in [-0.39, 0.29) is 57.6 Å². The number of carboxylic acid groups (broad SMARTS) is 1. The molecular formula is C20H36N2O9. The number of rotatable bonds is 21. The zero-order chi connectivity index (χ0) is 23.3. The van der Waals surface area contributed by atoms with Gasteiger partial charge in [-0.05, 0) is 26.2 Å². The molecule has 0 spiro atoms. The molecule has 0 saturated carbocycles. The molecule has 0 radical (unpaired) electrons. The van der Waals surface area contributed by atoms with Gasteiger partial charge in [0, 0.05) is 32.8 Å². The number of ketones is 1. The summed E-state index contributed by atoms with van der Waals surface area (Å²) in [4.78, 5) is 45.2. The van der Waals surface area contributed by atoms with Gasteiger partial charge in [-0.15, -0.1) is 0 Å². The Hall–Kier alpha value is -2.08. The van der Waals surface area contributed by atoms with E-state index >= 15 is 0 Å². The van der Waals surface area contributed by atoms with Gasteiger partial charge < -0.3 is 39.5 Å². The van der Waals surface area contributed by atoms with Crippen molar-refractivity contribution in [3.8, 4) is 0 Å². The number of hydrogen-bond acceptors (Lipinski definition) is 8. The van der Waals surface area contributed by atoms with Crippen molar-refractivity contribution in [1.29, 1.82) is 0 Å². The van der Waals surface area contributed by atoms with Crippen molar-refractivity contribution in [3.05, 3.63) is 0 Å². The minimum atomic E-state index is -1.20. The van der Waals surface area contributed by atoms with Crippen LogP contribution in [0.15, 0.2) is 0 Å². The number of aliphatic carboxylic acids is 1. The van der Waals surface area contributed by atoms with Gasteiger partial charge in [0.1, 0.15) is 25.0 Å². The molecule has 3 N–H and O–H groups in total. The molecule has 0 saturated heterocycles. The summed E-state index contributed by atoms with van der Waals surface area (Å²) >= 11 is 0. The first kappa shape index (κ1) is 28.9. The zero-order valence-electron chi connectivity index (χ0n) is 18.5. The van der Waals surface area contributed by atoms with Crippen molar-refractivity contribution >= 4 is 23.6 Å². The molecule has 0 bridgehead atoms. The van der Waals surface area contributed by atoms with Crippen molar-refractivity contribution < 1.29 is 43.2 Å². The maximum absolute atomic E-state index is 11.7. The van der Waals surface area contributed by atoms with E-state index in [9.17, 15) is 19.2 Å². The molecule has 0 aromatic heterocycles. The Bertz CT molecular complexity index is 529. The van der Waals surface area contributed by atoms with Crippen LogP contribution in [0.1, 0.15) is 39.5 Å². The zero-order valence-corrected chi connectivity index (χ0v) is 18.5. The van der Waals surface area contributed by atoms with Gasteiger partial charge in [-0.25, -0.2) is 4.79 Å². The number of amides is 2. The first-order valence-electron chi connectivity index (χ1n) is 10.5. The molecule has 0 aliphatic heterocycles. The van der Waals surface area contributed by atoms with E-state index in [1.807, 2.05) is 6.92 Å². The second-order valence-electron chi connectivity index (χ2n) is 6.73. The lowest BCUT2D eigenvalue weighted by atomic mass is 10.1. The predicted octanol–water partition coefficient (Wildman–Crippen LogP) is -0.0923. The molecule has 0 aromatic rings. The van der Waals surface area contributed by atoms with Gasteiger partial charge in [-0.3, -0.25) is 9.59 Å². The second kappa shape index (κ2) is 19.9. The molecule has 0 aliphatic rings. The standard InChI is InChI=1S/C20H36N2O9/c1-3-8-28-9-4-10-30-14-18(24)21-7-11-29-12-13-31-15-19(25)22-17(20(26)27)6-5-16(2)23/h17H,3-15H2,1-2H3,(H,21,24)(H,22,25)(H,26,27)/t17-/m0/s1. The van der Waals surface area contributed by atoms with Crippen LogP contribution in [-0.4, -0.2) is 94.1 Å². The Morgan fingerprint density at radius 3 is 2.13 bits per heavy atom. The monoisotopic (exact) mass is 448 g/mol. The Kier molecular flexibility index (Phi) is 18.5. The Morgan fingerprint density at radius 2 is 1.45 bits per heavy atom. The summed E-state index contributed by atoms with van der Waals surface area (Å²) in [5, 5.41) is 14.0. The van der Waals surface area contributed by atoms with Crippen LogP contribution in [-0.2, 0) is 38.1 Å². The van der Waals surface area contributed by atoms with E-state index in [1.165, 1.54) is 6.92 Å². The highest BCUT2D eigenvalue weighted by Crippen LogP contribution is 1.99. The molecule has 11 nitrogen and oxygen atoms in total. The van der Waals surface area contributed by atoms with Gasteiger partial charge in [0.05, 0.1) is 19.8 Å². The average Bonchev–Trinajstić information content (AvgIpc) is 2.71. The van der Waals surface area contributed by atoms with E-state index in [0.29, 0.717) is 19.8 Å². The van der Waals surface area contributed by atoms with Gasteiger partial charge in [0.15, 0.2) is 0 Å². The van der Waals surface area contributed by atoms with Crippen molar-refractivity contribution in [2.45, 2.75) is 45.6 Å². The molecule has 0 aliphatic carbocycles. The van der Waals surface area contributed by atoms with Gasteiger partial charge in [-0.2, -0.15) is 0 Å². The van der Waals surface area contributed by atoms with Crippen molar-refractivity contribution in [2.75, 3.05) is 59.4 Å². The molecule has 2 amide bonds. The SMILES string of the molecule is CCCOCCCOCC(=O)NCCOCCOCC(=O)N[C@@H](CCC(C)=O)C(=O)O. The number of carbonyl (C=O) groups is 4.